The molecule has 0 aliphatic heterocycles. The van der Waals surface area contributed by atoms with E-state index in [1.165, 1.54) is 0 Å². The van der Waals surface area contributed by atoms with Crippen LogP contribution >= 0.6 is 0 Å². The Balaban J connectivity index is 2.17. The average Bonchev–Trinajstić information content (AvgIpc) is 2.86. The number of aromatic nitrogens is 2. The maximum Gasteiger partial charge on any atom is 0.376 e. The van der Waals surface area contributed by atoms with Crippen molar-refractivity contribution in [1.82, 2.24) is 9.97 Å². The van der Waals surface area contributed by atoms with Crippen LogP contribution in [0.4, 0.5) is 5.69 Å². The van der Waals surface area contributed by atoms with Crippen LogP contribution in [0.25, 0.3) is 22.5 Å². The molecule has 3 rings (SSSR count). The first-order valence-electron chi connectivity index (χ1n) is 6.91. The maximum absolute atomic E-state index is 11.9. The number of furan rings is 1. The molecule has 0 saturated carbocycles. The molecule has 22 heavy (non-hydrogen) atoms. The molecule has 6 nitrogen and oxygen atoms in total. The van der Waals surface area contributed by atoms with Crippen LogP contribution in [-0.2, 0) is 4.74 Å². The van der Waals surface area contributed by atoms with Crippen molar-refractivity contribution in [3.8, 4) is 11.4 Å². The van der Waals surface area contributed by atoms with Crippen LogP contribution < -0.4 is 5.73 Å². The minimum atomic E-state index is -0.598. The summed E-state index contributed by atoms with van der Waals surface area (Å²) in [7, 11) is 0. The molecule has 112 valence electrons. The number of hydrogen-bond acceptors (Lipinski definition) is 6. The van der Waals surface area contributed by atoms with Gasteiger partial charge in [0.1, 0.15) is 0 Å². The van der Waals surface area contributed by atoms with Crippen molar-refractivity contribution in [3.63, 3.8) is 0 Å². The van der Waals surface area contributed by atoms with Crippen LogP contribution in [0, 0.1) is 6.92 Å². The molecular weight excluding hydrogens is 282 g/mol. The first-order chi connectivity index (χ1) is 10.6. The Labute approximate surface area is 126 Å². The third kappa shape index (κ3) is 2.28. The van der Waals surface area contributed by atoms with E-state index in [-0.39, 0.29) is 23.8 Å². The van der Waals surface area contributed by atoms with Crippen molar-refractivity contribution < 1.29 is 13.9 Å². The topological polar surface area (TPSA) is 91.2 Å². The quantitative estimate of drug-likeness (QED) is 0.747. The molecular formula is C16H15N3O3. The highest BCUT2D eigenvalue weighted by Crippen LogP contribution is 2.31. The standard InChI is InChI=1S/C16H15N3O3/c1-3-21-16(20)13-12(17)11-9(2)18-14(19-15(11)22-13)10-7-5-4-6-8-10/h4-8H,3,17H2,1-2H3. The highest BCUT2D eigenvalue weighted by molar-refractivity contribution is 6.03. The number of fused-ring (bicyclic) bond motifs is 1. The lowest BCUT2D eigenvalue weighted by atomic mass is 10.2. The van der Waals surface area contributed by atoms with Gasteiger partial charge >= 0.3 is 5.97 Å². The zero-order valence-corrected chi connectivity index (χ0v) is 12.3. The Hall–Kier alpha value is -2.89. The third-order valence-corrected chi connectivity index (χ3v) is 3.26. The number of esters is 1. The summed E-state index contributed by atoms with van der Waals surface area (Å²) >= 11 is 0. The van der Waals surface area contributed by atoms with Gasteiger partial charge in [0.2, 0.25) is 11.5 Å². The van der Waals surface area contributed by atoms with Crippen LogP contribution in [0.1, 0.15) is 23.2 Å². The van der Waals surface area contributed by atoms with E-state index in [1.54, 1.807) is 13.8 Å². The van der Waals surface area contributed by atoms with Crippen molar-refractivity contribution in [1.29, 1.82) is 0 Å². The van der Waals surface area contributed by atoms with Crippen molar-refractivity contribution in [2.24, 2.45) is 0 Å². The molecule has 0 aliphatic carbocycles. The van der Waals surface area contributed by atoms with Gasteiger partial charge in [-0.1, -0.05) is 30.3 Å². The van der Waals surface area contributed by atoms with Crippen LogP contribution in [-0.4, -0.2) is 22.5 Å². The number of benzene rings is 1. The number of aryl methyl sites for hydroxylation is 1. The highest BCUT2D eigenvalue weighted by Gasteiger charge is 2.23. The van der Waals surface area contributed by atoms with Crippen molar-refractivity contribution in [2.75, 3.05) is 12.3 Å². The fraction of sp³-hybridized carbons (Fsp3) is 0.188. The summed E-state index contributed by atoms with van der Waals surface area (Å²) in [5.41, 5.74) is 8.00. The molecule has 2 N–H and O–H groups in total. The second-order valence-electron chi connectivity index (χ2n) is 4.74. The fourth-order valence-corrected chi connectivity index (χ4v) is 2.26. The van der Waals surface area contributed by atoms with E-state index >= 15 is 0 Å². The molecule has 6 heteroatoms. The van der Waals surface area contributed by atoms with Crippen molar-refractivity contribution in [2.45, 2.75) is 13.8 Å². The Bertz CT molecular complexity index is 841. The first kappa shape index (κ1) is 14.1. The van der Waals surface area contributed by atoms with E-state index in [9.17, 15) is 4.79 Å². The zero-order chi connectivity index (χ0) is 15.7. The average molecular weight is 297 g/mol. The zero-order valence-electron chi connectivity index (χ0n) is 12.3. The number of nitrogens with zero attached hydrogens (tertiary/aromatic N) is 2. The smallest absolute Gasteiger partial charge is 0.376 e. The highest BCUT2D eigenvalue weighted by atomic mass is 16.5. The Morgan fingerprint density at radius 3 is 2.68 bits per heavy atom. The summed E-state index contributed by atoms with van der Waals surface area (Å²) in [6.45, 7) is 3.77. The van der Waals surface area contributed by atoms with Gasteiger partial charge in [0.05, 0.1) is 23.4 Å². The predicted molar refractivity (Wildman–Crippen MR) is 82.3 cm³/mol. The summed E-state index contributed by atoms with van der Waals surface area (Å²) in [6, 6.07) is 9.52. The molecule has 0 radical (unpaired) electrons. The van der Waals surface area contributed by atoms with Crippen LogP contribution in [0.3, 0.4) is 0 Å². The van der Waals surface area contributed by atoms with E-state index in [2.05, 4.69) is 9.97 Å². The predicted octanol–water partition coefficient (Wildman–Crippen LogP) is 2.96. The van der Waals surface area contributed by atoms with Gasteiger partial charge in [-0.2, -0.15) is 4.98 Å². The summed E-state index contributed by atoms with van der Waals surface area (Å²) in [5.74, 6) is -0.104. The Morgan fingerprint density at radius 2 is 2.00 bits per heavy atom. The van der Waals surface area contributed by atoms with Gasteiger partial charge in [-0.25, -0.2) is 9.78 Å². The van der Waals surface area contributed by atoms with Gasteiger partial charge < -0.3 is 14.9 Å². The summed E-state index contributed by atoms with van der Waals surface area (Å²) in [6.07, 6.45) is 0. The Kier molecular flexibility index (Phi) is 3.50. The lowest BCUT2D eigenvalue weighted by molar-refractivity contribution is 0.0494. The van der Waals surface area contributed by atoms with Crippen molar-refractivity contribution in [3.05, 3.63) is 41.8 Å². The molecule has 2 heterocycles. The summed E-state index contributed by atoms with van der Waals surface area (Å²) < 4.78 is 10.4. The third-order valence-electron chi connectivity index (χ3n) is 3.26. The second kappa shape index (κ2) is 5.48. The number of nitrogens with two attached hydrogens (primary N) is 1. The Morgan fingerprint density at radius 1 is 1.27 bits per heavy atom. The van der Waals surface area contributed by atoms with E-state index in [4.69, 9.17) is 14.9 Å². The molecule has 0 unspecified atom stereocenters. The first-order valence-corrected chi connectivity index (χ1v) is 6.91. The number of nitrogen functional groups attached to an aromatic ring is 1. The van der Waals surface area contributed by atoms with Crippen LogP contribution in [0.15, 0.2) is 34.7 Å². The molecule has 0 bridgehead atoms. The molecule has 0 spiro atoms. The number of anilines is 1. The molecule has 0 atom stereocenters. The molecule has 0 fully saturated rings. The SMILES string of the molecule is CCOC(=O)c1oc2nc(-c3ccccc3)nc(C)c2c1N. The van der Waals surface area contributed by atoms with Gasteiger partial charge in [-0.15, -0.1) is 0 Å². The van der Waals surface area contributed by atoms with E-state index in [0.717, 1.165) is 5.56 Å². The minimum Gasteiger partial charge on any atom is -0.460 e. The van der Waals surface area contributed by atoms with Crippen LogP contribution in [0.2, 0.25) is 0 Å². The number of rotatable bonds is 3. The summed E-state index contributed by atoms with van der Waals surface area (Å²) in [4.78, 5) is 20.7. The van der Waals surface area contributed by atoms with Gasteiger partial charge in [-0.05, 0) is 13.8 Å². The lowest BCUT2D eigenvalue weighted by Crippen LogP contribution is -2.05. The number of carbonyl (C=O) groups excluding carboxylic acids is 1. The lowest BCUT2D eigenvalue weighted by Gasteiger charge is -2.02. The number of ether oxygens (including phenoxy) is 1. The molecule has 0 aliphatic rings. The molecule has 2 aromatic heterocycles. The van der Waals surface area contributed by atoms with Gasteiger partial charge in [0, 0.05) is 5.56 Å². The number of hydrogen-bond donors (Lipinski definition) is 1. The fourth-order valence-electron chi connectivity index (χ4n) is 2.26. The number of carbonyl (C=O) groups is 1. The normalized spacial score (nSPS) is 10.8. The molecule has 3 aromatic rings. The molecule has 0 saturated heterocycles. The van der Waals surface area contributed by atoms with Crippen molar-refractivity contribution >= 4 is 22.8 Å². The monoisotopic (exact) mass is 297 g/mol. The van der Waals surface area contributed by atoms with Gasteiger partial charge in [0.15, 0.2) is 5.82 Å². The second-order valence-corrected chi connectivity index (χ2v) is 4.74. The van der Waals surface area contributed by atoms with E-state index in [1.807, 2.05) is 30.3 Å². The maximum atomic E-state index is 11.9. The molecule has 0 amide bonds. The van der Waals surface area contributed by atoms with Gasteiger partial charge in [0.25, 0.3) is 0 Å². The van der Waals surface area contributed by atoms with E-state index < -0.39 is 5.97 Å². The summed E-state index contributed by atoms with van der Waals surface area (Å²) in [5, 5.41) is 0.544. The van der Waals surface area contributed by atoms with E-state index in [0.29, 0.717) is 16.9 Å². The van der Waals surface area contributed by atoms with Crippen LogP contribution in [0.5, 0.6) is 0 Å². The van der Waals surface area contributed by atoms with Gasteiger partial charge in [-0.3, -0.25) is 0 Å². The molecule has 1 aromatic carbocycles. The minimum absolute atomic E-state index is 0.0283. The largest absolute Gasteiger partial charge is 0.460 e.